The van der Waals surface area contributed by atoms with Crippen molar-refractivity contribution in [2.24, 2.45) is 5.92 Å². The zero-order chi connectivity index (χ0) is 12.5. The molecule has 1 aromatic carbocycles. The Labute approximate surface area is 108 Å². The van der Waals surface area contributed by atoms with Crippen molar-refractivity contribution in [2.45, 2.75) is 18.8 Å². The number of nitrogens with one attached hydrogen (secondary N) is 2. The molecular weight excluding hydrogens is 220 g/mol. The van der Waals surface area contributed by atoms with E-state index in [2.05, 4.69) is 47.4 Å². The van der Waals surface area contributed by atoms with E-state index in [1.54, 1.807) is 5.56 Å². The van der Waals surface area contributed by atoms with E-state index in [4.69, 9.17) is 0 Å². The highest BCUT2D eigenvalue weighted by Gasteiger charge is 2.35. The summed E-state index contributed by atoms with van der Waals surface area (Å²) in [6, 6.07) is 8.74. The number of terminal acetylenes is 1. The Balaban J connectivity index is 0.000000478. The monoisotopic (exact) mass is 238 g/mol. The van der Waals surface area contributed by atoms with Crippen LogP contribution in [0.5, 0.6) is 0 Å². The molecule has 1 aromatic heterocycles. The number of rotatable bonds is 0. The zero-order valence-electron chi connectivity index (χ0n) is 10.4. The summed E-state index contributed by atoms with van der Waals surface area (Å²) in [5.74, 6) is 1.62. The lowest BCUT2D eigenvalue weighted by atomic mass is 9.79. The van der Waals surface area contributed by atoms with Gasteiger partial charge in [-0.25, -0.2) is 0 Å². The number of aryl methyl sites for hydroxylation is 1. The molecule has 1 aliphatic carbocycles. The van der Waals surface area contributed by atoms with Crippen LogP contribution in [-0.4, -0.2) is 18.1 Å². The molecule has 1 unspecified atom stereocenters. The quantitative estimate of drug-likeness (QED) is 0.679. The Morgan fingerprint density at radius 2 is 1.94 bits per heavy atom. The molecule has 2 heterocycles. The normalized spacial score (nSPS) is 25.0. The van der Waals surface area contributed by atoms with Crippen LogP contribution in [0.1, 0.15) is 23.6 Å². The maximum absolute atomic E-state index is 4.00. The van der Waals surface area contributed by atoms with Gasteiger partial charge >= 0.3 is 0 Å². The number of hydrogen-bond acceptors (Lipinski definition) is 1. The van der Waals surface area contributed by atoms with Gasteiger partial charge in [0.05, 0.1) is 0 Å². The lowest BCUT2D eigenvalue weighted by Gasteiger charge is -2.24. The highest BCUT2D eigenvalue weighted by Crippen LogP contribution is 2.41. The van der Waals surface area contributed by atoms with Gasteiger partial charge in [-0.05, 0) is 36.9 Å². The molecule has 2 aliphatic rings. The van der Waals surface area contributed by atoms with Crippen molar-refractivity contribution < 1.29 is 0 Å². The molecule has 0 amide bonds. The molecule has 4 rings (SSSR count). The first-order valence-corrected chi connectivity index (χ1v) is 6.57. The van der Waals surface area contributed by atoms with Gasteiger partial charge in [-0.2, -0.15) is 0 Å². The average molecular weight is 238 g/mol. The predicted octanol–water partition coefficient (Wildman–Crippen LogP) is 2.67. The second-order valence-corrected chi connectivity index (χ2v) is 5.13. The fraction of sp³-hybridized carbons (Fsp3) is 0.375. The SMILES string of the molecule is C#C.c1ccc2c3c([nH]c2c1)CC[C@H]1CNCC31. The van der Waals surface area contributed by atoms with Crippen LogP contribution in [0.25, 0.3) is 10.9 Å². The largest absolute Gasteiger partial charge is 0.358 e. The topological polar surface area (TPSA) is 27.8 Å². The molecule has 0 saturated carbocycles. The van der Waals surface area contributed by atoms with Crippen molar-refractivity contribution >= 4 is 10.9 Å². The van der Waals surface area contributed by atoms with Gasteiger partial charge in [0, 0.05) is 29.1 Å². The molecule has 0 bridgehead atoms. The third-order valence-corrected chi connectivity index (χ3v) is 4.30. The van der Waals surface area contributed by atoms with Crippen molar-refractivity contribution in [1.82, 2.24) is 10.3 Å². The summed E-state index contributed by atoms with van der Waals surface area (Å²) in [5, 5.41) is 5.00. The minimum absolute atomic E-state index is 0.750. The molecule has 2 aromatic rings. The van der Waals surface area contributed by atoms with E-state index in [1.165, 1.54) is 42.5 Å². The summed E-state index contributed by atoms with van der Waals surface area (Å²) in [5.41, 5.74) is 4.42. The van der Waals surface area contributed by atoms with E-state index >= 15 is 0 Å². The number of fused-ring (bicyclic) bond motifs is 5. The van der Waals surface area contributed by atoms with Crippen molar-refractivity contribution in [2.75, 3.05) is 13.1 Å². The van der Waals surface area contributed by atoms with E-state index in [-0.39, 0.29) is 0 Å². The molecule has 2 nitrogen and oxygen atoms in total. The average Bonchev–Trinajstić information content (AvgIpc) is 3.03. The summed E-state index contributed by atoms with van der Waals surface area (Å²) in [4.78, 5) is 3.60. The molecular formula is C16H18N2. The highest BCUT2D eigenvalue weighted by atomic mass is 14.9. The van der Waals surface area contributed by atoms with Gasteiger partial charge in [0.2, 0.25) is 0 Å². The fourth-order valence-electron chi connectivity index (χ4n) is 3.54. The van der Waals surface area contributed by atoms with Crippen molar-refractivity contribution in [3.63, 3.8) is 0 Å². The number of hydrogen-bond donors (Lipinski definition) is 2. The smallest absolute Gasteiger partial charge is 0.0459 e. The molecule has 1 fully saturated rings. The molecule has 92 valence electrons. The lowest BCUT2D eigenvalue weighted by Crippen LogP contribution is -2.18. The lowest BCUT2D eigenvalue weighted by molar-refractivity contribution is 0.451. The summed E-state index contributed by atoms with van der Waals surface area (Å²) >= 11 is 0. The third kappa shape index (κ3) is 1.55. The van der Waals surface area contributed by atoms with Crippen LogP contribution in [-0.2, 0) is 6.42 Å². The molecule has 0 spiro atoms. The van der Waals surface area contributed by atoms with Gasteiger partial charge < -0.3 is 10.3 Å². The Morgan fingerprint density at radius 3 is 2.83 bits per heavy atom. The van der Waals surface area contributed by atoms with Gasteiger partial charge in [-0.15, -0.1) is 12.8 Å². The number of para-hydroxylation sites is 1. The Hall–Kier alpha value is -1.72. The zero-order valence-corrected chi connectivity index (χ0v) is 10.4. The number of benzene rings is 1. The second kappa shape index (κ2) is 4.51. The van der Waals surface area contributed by atoms with Crippen LogP contribution < -0.4 is 5.32 Å². The van der Waals surface area contributed by atoms with Crippen LogP contribution in [0.2, 0.25) is 0 Å². The standard InChI is InChI=1S/C14H16N2.C2H2/c1-2-4-12-10(3-1)14-11-8-15-7-9(11)5-6-13(14)16-12;1-2/h1-4,9,11,15-16H,5-8H2;1-2H/t9-,11?;/m0./s1. The van der Waals surface area contributed by atoms with E-state index < -0.39 is 0 Å². The molecule has 1 aliphatic heterocycles. The summed E-state index contributed by atoms with van der Waals surface area (Å²) in [6.45, 7) is 2.38. The summed E-state index contributed by atoms with van der Waals surface area (Å²) < 4.78 is 0. The molecule has 0 radical (unpaired) electrons. The summed E-state index contributed by atoms with van der Waals surface area (Å²) in [7, 11) is 0. The number of aromatic nitrogens is 1. The van der Waals surface area contributed by atoms with Gasteiger partial charge in [-0.3, -0.25) is 0 Å². The van der Waals surface area contributed by atoms with Crippen LogP contribution in [0.4, 0.5) is 0 Å². The van der Waals surface area contributed by atoms with E-state index in [0.29, 0.717) is 0 Å². The van der Waals surface area contributed by atoms with Crippen molar-refractivity contribution in [3.05, 3.63) is 35.5 Å². The third-order valence-electron chi connectivity index (χ3n) is 4.30. The van der Waals surface area contributed by atoms with Crippen LogP contribution in [0, 0.1) is 18.8 Å². The van der Waals surface area contributed by atoms with Gasteiger partial charge in [0.15, 0.2) is 0 Å². The van der Waals surface area contributed by atoms with Gasteiger partial charge in [-0.1, -0.05) is 18.2 Å². The molecule has 2 N–H and O–H groups in total. The first-order valence-electron chi connectivity index (χ1n) is 6.57. The van der Waals surface area contributed by atoms with Crippen LogP contribution in [0.15, 0.2) is 24.3 Å². The molecule has 2 heteroatoms. The van der Waals surface area contributed by atoms with Crippen molar-refractivity contribution in [3.8, 4) is 12.8 Å². The first kappa shape index (κ1) is 11.4. The van der Waals surface area contributed by atoms with E-state index in [9.17, 15) is 0 Å². The highest BCUT2D eigenvalue weighted by molar-refractivity contribution is 5.85. The molecule has 18 heavy (non-hydrogen) atoms. The van der Waals surface area contributed by atoms with Crippen LogP contribution >= 0.6 is 0 Å². The van der Waals surface area contributed by atoms with Crippen LogP contribution in [0.3, 0.4) is 0 Å². The van der Waals surface area contributed by atoms with Crippen molar-refractivity contribution in [1.29, 1.82) is 0 Å². The number of aromatic amines is 1. The predicted molar refractivity (Wildman–Crippen MR) is 75.6 cm³/mol. The molecule has 1 saturated heterocycles. The second-order valence-electron chi connectivity index (χ2n) is 5.13. The Bertz CT molecular complexity index is 579. The minimum atomic E-state index is 0.750. The van der Waals surface area contributed by atoms with Gasteiger partial charge in [0.1, 0.15) is 0 Å². The summed E-state index contributed by atoms with van der Waals surface area (Å²) in [6.07, 6.45) is 10.6. The maximum Gasteiger partial charge on any atom is 0.0459 e. The minimum Gasteiger partial charge on any atom is -0.358 e. The Kier molecular flexibility index (Phi) is 2.85. The van der Waals surface area contributed by atoms with E-state index in [1.807, 2.05) is 0 Å². The Morgan fingerprint density at radius 1 is 1.11 bits per heavy atom. The molecule has 2 atom stereocenters. The number of H-pyrrole nitrogens is 1. The maximum atomic E-state index is 4.00. The fourth-order valence-corrected chi connectivity index (χ4v) is 3.54. The van der Waals surface area contributed by atoms with E-state index in [0.717, 1.165) is 11.8 Å². The first-order chi connectivity index (χ1) is 8.93. The van der Waals surface area contributed by atoms with Gasteiger partial charge in [0.25, 0.3) is 0 Å².